The van der Waals surface area contributed by atoms with E-state index in [0.29, 0.717) is 18.2 Å². The number of hydrogen-bond acceptors (Lipinski definition) is 4. The van der Waals surface area contributed by atoms with Gasteiger partial charge >= 0.3 is 0 Å². The van der Waals surface area contributed by atoms with E-state index in [2.05, 4.69) is 29.2 Å². The molecule has 0 saturated carbocycles. The van der Waals surface area contributed by atoms with Crippen LogP contribution in [0.2, 0.25) is 0 Å². The first-order valence-electron chi connectivity index (χ1n) is 9.32. The third kappa shape index (κ3) is 4.80. The molecule has 7 heteroatoms. The normalized spacial score (nSPS) is 18.9. The number of likely N-dealkylation sites (tertiary alicyclic amines) is 1. The fourth-order valence-electron chi connectivity index (χ4n) is 3.39. The molecule has 0 bridgehead atoms. The number of piperidine rings is 1. The lowest BCUT2D eigenvalue weighted by Gasteiger charge is -2.35. The number of halogens is 1. The molecule has 1 aliphatic heterocycles. The lowest BCUT2D eigenvalue weighted by Crippen LogP contribution is -2.46. The van der Waals surface area contributed by atoms with Crippen LogP contribution in [0.15, 0.2) is 41.2 Å². The molecular formula is C20H25FN4O2. The molecule has 0 unspecified atom stereocenters. The summed E-state index contributed by atoms with van der Waals surface area (Å²) in [7, 11) is 0. The molecule has 0 radical (unpaired) electrons. The maximum atomic E-state index is 13.1. The van der Waals surface area contributed by atoms with Crippen LogP contribution >= 0.6 is 0 Å². The number of carbonyl (C=O) groups excluding carboxylic acids is 1. The van der Waals surface area contributed by atoms with Crippen molar-refractivity contribution in [1.82, 2.24) is 20.0 Å². The second-order valence-corrected chi connectivity index (χ2v) is 7.25. The maximum Gasteiger partial charge on any atom is 0.271 e. The summed E-state index contributed by atoms with van der Waals surface area (Å²) in [4.78, 5) is 26.9. The van der Waals surface area contributed by atoms with Gasteiger partial charge in [0.05, 0.1) is 5.69 Å². The van der Waals surface area contributed by atoms with Crippen LogP contribution in [0.1, 0.15) is 37.2 Å². The van der Waals surface area contributed by atoms with E-state index >= 15 is 0 Å². The van der Waals surface area contributed by atoms with Gasteiger partial charge in [0.25, 0.3) is 11.5 Å². The van der Waals surface area contributed by atoms with Crippen LogP contribution in [0.5, 0.6) is 0 Å². The zero-order valence-electron chi connectivity index (χ0n) is 15.7. The van der Waals surface area contributed by atoms with Gasteiger partial charge in [0.2, 0.25) is 0 Å². The van der Waals surface area contributed by atoms with Gasteiger partial charge in [0.15, 0.2) is 0 Å². The van der Waals surface area contributed by atoms with E-state index in [-0.39, 0.29) is 23.2 Å². The van der Waals surface area contributed by atoms with E-state index < -0.39 is 5.82 Å². The Morgan fingerprint density at radius 3 is 2.74 bits per heavy atom. The van der Waals surface area contributed by atoms with Crippen LogP contribution < -0.4 is 10.9 Å². The van der Waals surface area contributed by atoms with Crippen molar-refractivity contribution in [3.8, 4) is 5.69 Å². The third-order valence-corrected chi connectivity index (χ3v) is 4.97. The van der Waals surface area contributed by atoms with Gasteiger partial charge in [-0.05, 0) is 62.6 Å². The zero-order chi connectivity index (χ0) is 19.4. The van der Waals surface area contributed by atoms with Crippen LogP contribution in [0.25, 0.3) is 5.69 Å². The monoisotopic (exact) mass is 372 g/mol. The van der Waals surface area contributed by atoms with Crippen LogP contribution in [0.3, 0.4) is 0 Å². The third-order valence-electron chi connectivity index (χ3n) is 4.97. The number of amides is 1. The molecule has 0 aliphatic carbocycles. The Bertz CT molecular complexity index is 850. The number of nitrogens with zero attached hydrogens (tertiary/aromatic N) is 3. The van der Waals surface area contributed by atoms with E-state index in [1.807, 2.05) is 0 Å². The van der Waals surface area contributed by atoms with Crippen LogP contribution in [0.4, 0.5) is 4.39 Å². The highest BCUT2D eigenvalue weighted by atomic mass is 19.1. The van der Waals surface area contributed by atoms with Crippen molar-refractivity contribution in [3.63, 3.8) is 0 Å². The molecule has 1 N–H and O–H groups in total. The molecule has 3 rings (SSSR count). The van der Waals surface area contributed by atoms with Gasteiger partial charge in [-0.2, -0.15) is 9.78 Å². The first-order chi connectivity index (χ1) is 12.9. The van der Waals surface area contributed by atoms with Crippen molar-refractivity contribution >= 4 is 5.91 Å². The number of rotatable bonds is 5. The molecule has 27 heavy (non-hydrogen) atoms. The summed E-state index contributed by atoms with van der Waals surface area (Å²) in [6.07, 6.45) is 2.44. The molecule has 1 amide bonds. The first kappa shape index (κ1) is 19.2. The zero-order valence-corrected chi connectivity index (χ0v) is 15.7. The highest BCUT2D eigenvalue weighted by Gasteiger charge is 2.21. The Hall–Kier alpha value is -2.54. The van der Waals surface area contributed by atoms with Crippen molar-refractivity contribution in [1.29, 1.82) is 0 Å². The van der Waals surface area contributed by atoms with Crippen LogP contribution in [-0.2, 0) is 0 Å². The molecule has 1 aromatic heterocycles. The minimum atomic E-state index is -0.401. The Morgan fingerprint density at radius 1 is 1.30 bits per heavy atom. The van der Waals surface area contributed by atoms with Crippen LogP contribution in [-0.4, -0.2) is 46.3 Å². The smallest absolute Gasteiger partial charge is 0.271 e. The van der Waals surface area contributed by atoms with Crippen molar-refractivity contribution in [2.75, 3.05) is 19.6 Å². The number of nitrogens with one attached hydrogen (secondary N) is 1. The van der Waals surface area contributed by atoms with Crippen molar-refractivity contribution in [3.05, 3.63) is 58.3 Å². The van der Waals surface area contributed by atoms with E-state index in [1.54, 1.807) is 0 Å². The van der Waals surface area contributed by atoms with Gasteiger partial charge in [-0.25, -0.2) is 4.39 Å². The van der Waals surface area contributed by atoms with E-state index in [1.165, 1.54) is 49.2 Å². The van der Waals surface area contributed by atoms with Gasteiger partial charge in [-0.15, -0.1) is 0 Å². The average molecular weight is 372 g/mol. The summed E-state index contributed by atoms with van der Waals surface area (Å²) in [5.41, 5.74) is 0.179. The summed E-state index contributed by atoms with van der Waals surface area (Å²) >= 11 is 0. The minimum Gasteiger partial charge on any atom is -0.349 e. The molecule has 2 atom stereocenters. The Labute approximate surface area is 158 Å². The second kappa shape index (κ2) is 8.43. The largest absolute Gasteiger partial charge is 0.349 e. The van der Waals surface area contributed by atoms with Gasteiger partial charge in [0.1, 0.15) is 11.5 Å². The van der Waals surface area contributed by atoms with Crippen molar-refractivity contribution < 1.29 is 9.18 Å². The lowest BCUT2D eigenvalue weighted by molar-refractivity contribution is 0.0911. The first-order valence-corrected chi connectivity index (χ1v) is 9.32. The molecule has 1 aromatic carbocycles. The SMILES string of the molecule is C[C@H]1CCCN([C@@H](C)CNC(=O)c2ccc(=O)n(-c3ccc(F)cc3)n2)C1. The molecule has 144 valence electrons. The Kier molecular flexibility index (Phi) is 6.01. The summed E-state index contributed by atoms with van der Waals surface area (Å²) in [6.45, 7) is 6.97. The number of aromatic nitrogens is 2. The summed E-state index contributed by atoms with van der Waals surface area (Å²) in [5.74, 6) is -0.0534. The molecule has 1 saturated heterocycles. The Balaban J connectivity index is 1.67. The van der Waals surface area contributed by atoms with Gasteiger partial charge in [0, 0.05) is 25.2 Å². The van der Waals surface area contributed by atoms with Gasteiger partial charge in [-0.1, -0.05) is 6.92 Å². The predicted molar refractivity (Wildman–Crippen MR) is 102 cm³/mol. The maximum absolute atomic E-state index is 13.1. The number of hydrogen-bond donors (Lipinski definition) is 1. The highest BCUT2D eigenvalue weighted by molar-refractivity contribution is 5.92. The average Bonchev–Trinajstić information content (AvgIpc) is 2.67. The predicted octanol–water partition coefficient (Wildman–Crippen LogP) is 2.22. The molecule has 1 aliphatic rings. The summed E-state index contributed by atoms with van der Waals surface area (Å²) in [5, 5.41) is 7.03. The quantitative estimate of drug-likeness (QED) is 0.874. The minimum absolute atomic E-state index is 0.151. The standard InChI is InChI=1S/C20H25FN4O2/c1-14-4-3-11-24(13-14)15(2)12-22-20(27)18-9-10-19(26)25(23-18)17-7-5-16(21)6-8-17/h5-10,14-15H,3-4,11-13H2,1-2H3,(H,22,27)/t14-,15-/m0/s1. The summed E-state index contributed by atoms with van der Waals surface area (Å²) in [6, 6.07) is 8.33. The van der Waals surface area contributed by atoms with E-state index in [4.69, 9.17) is 0 Å². The topological polar surface area (TPSA) is 67.2 Å². The molecular weight excluding hydrogens is 347 g/mol. The fourth-order valence-corrected chi connectivity index (χ4v) is 3.39. The van der Waals surface area contributed by atoms with Gasteiger partial charge < -0.3 is 5.32 Å². The van der Waals surface area contributed by atoms with Crippen LogP contribution in [0, 0.1) is 11.7 Å². The van der Waals surface area contributed by atoms with Crippen molar-refractivity contribution in [2.24, 2.45) is 5.92 Å². The van der Waals surface area contributed by atoms with E-state index in [0.717, 1.165) is 17.8 Å². The molecule has 6 nitrogen and oxygen atoms in total. The molecule has 1 fully saturated rings. The Morgan fingerprint density at radius 2 is 2.04 bits per heavy atom. The van der Waals surface area contributed by atoms with Crippen molar-refractivity contribution in [2.45, 2.75) is 32.7 Å². The number of carbonyl (C=O) groups is 1. The molecule has 2 aromatic rings. The fraction of sp³-hybridized carbons (Fsp3) is 0.450. The summed E-state index contributed by atoms with van der Waals surface area (Å²) < 4.78 is 14.2. The molecule has 2 heterocycles. The second-order valence-electron chi connectivity index (χ2n) is 7.25. The highest BCUT2D eigenvalue weighted by Crippen LogP contribution is 2.17. The lowest BCUT2D eigenvalue weighted by atomic mass is 9.99. The number of benzene rings is 1. The van der Waals surface area contributed by atoms with Gasteiger partial charge in [-0.3, -0.25) is 14.5 Å². The molecule has 0 spiro atoms. The van der Waals surface area contributed by atoms with E-state index in [9.17, 15) is 14.0 Å².